The topological polar surface area (TPSA) is 107 Å². The fourth-order valence-electron chi connectivity index (χ4n) is 1.76. The summed E-state index contributed by atoms with van der Waals surface area (Å²) in [6, 6.07) is 6.71. The van der Waals surface area contributed by atoms with Crippen LogP contribution in [0.4, 0.5) is 0 Å². The van der Waals surface area contributed by atoms with Crippen LogP contribution in [-0.2, 0) is 14.8 Å². The van der Waals surface area contributed by atoms with Gasteiger partial charge in [0.25, 0.3) is 0 Å². The molecule has 7 heteroatoms. The highest BCUT2D eigenvalue weighted by molar-refractivity contribution is 7.89. The lowest BCUT2D eigenvalue weighted by Gasteiger charge is -2.16. The molecular formula is C13H16N2O4S. The van der Waals surface area contributed by atoms with E-state index in [2.05, 4.69) is 4.72 Å². The fraction of sp³-hybridized carbons (Fsp3) is 0.385. The summed E-state index contributed by atoms with van der Waals surface area (Å²) in [6.45, 7) is 1.85. The number of hydrogen-bond donors (Lipinski definition) is 2. The Hall–Kier alpha value is -1.91. The summed E-state index contributed by atoms with van der Waals surface area (Å²) in [6.07, 6.45) is 0.860. The maximum atomic E-state index is 12.1. The third-order valence-corrected chi connectivity index (χ3v) is 4.21. The van der Waals surface area contributed by atoms with Crippen molar-refractivity contribution in [3.8, 4) is 6.07 Å². The number of nitrogens with one attached hydrogen (secondary N) is 1. The average molecular weight is 296 g/mol. The van der Waals surface area contributed by atoms with Gasteiger partial charge in [-0.25, -0.2) is 13.1 Å². The van der Waals surface area contributed by atoms with E-state index in [1.54, 1.807) is 0 Å². The molecule has 0 radical (unpaired) electrons. The van der Waals surface area contributed by atoms with Gasteiger partial charge >= 0.3 is 5.97 Å². The van der Waals surface area contributed by atoms with Crippen molar-refractivity contribution in [2.24, 2.45) is 0 Å². The average Bonchev–Trinajstić information content (AvgIpc) is 2.38. The first-order valence-electron chi connectivity index (χ1n) is 6.13. The predicted molar refractivity (Wildman–Crippen MR) is 72.4 cm³/mol. The number of benzene rings is 1. The first-order chi connectivity index (χ1) is 9.39. The van der Waals surface area contributed by atoms with Crippen LogP contribution in [0.5, 0.6) is 0 Å². The highest BCUT2D eigenvalue weighted by Gasteiger charge is 2.21. The number of hydrogen-bond acceptors (Lipinski definition) is 4. The highest BCUT2D eigenvalue weighted by Crippen LogP contribution is 2.13. The number of rotatable bonds is 7. The van der Waals surface area contributed by atoms with Crippen LogP contribution in [0.3, 0.4) is 0 Å². The SMILES string of the molecule is CCCC(CC(=O)O)NS(=O)(=O)c1ccc(C#N)cc1. The van der Waals surface area contributed by atoms with Gasteiger partial charge < -0.3 is 5.11 Å². The summed E-state index contributed by atoms with van der Waals surface area (Å²) in [5, 5.41) is 17.4. The smallest absolute Gasteiger partial charge is 0.304 e. The second-order valence-electron chi connectivity index (χ2n) is 4.34. The third kappa shape index (κ3) is 4.64. The van der Waals surface area contributed by atoms with E-state index in [-0.39, 0.29) is 11.3 Å². The van der Waals surface area contributed by atoms with Crippen molar-refractivity contribution in [2.45, 2.75) is 37.1 Å². The summed E-state index contributed by atoms with van der Waals surface area (Å²) in [4.78, 5) is 10.7. The van der Waals surface area contributed by atoms with E-state index in [1.165, 1.54) is 24.3 Å². The Morgan fingerprint density at radius 3 is 2.45 bits per heavy atom. The number of carboxylic acids is 1. The van der Waals surface area contributed by atoms with Gasteiger partial charge in [0.1, 0.15) is 0 Å². The van der Waals surface area contributed by atoms with Gasteiger partial charge in [0.2, 0.25) is 10.0 Å². The molecule has 0 bridgehead atoms. The molecule has 1 aromatic rings. The van der Waals surface area contributed by atoms with E-state index in [1.807, 2.05) is 13.0 Å². The lowest BCUT2D eigenvalue weighted by Crippen LogP contribution is -2.36. The molecule has 0 aliphatic heterocycles. The first-order valence-corrected chi connectivity index (χ1v) is 7.61. The van der Waals surface area contributed by atoms with E-state index in [9.17, 15) is 13.2 Å². The Balaban J connectivity index is 2.90. The summed E-state index contributed by atoms with van der Waals surface area (Å²) in [7, 11) is -3.78. The van der Waals surface area contributed by atoms with Crippen LogP contribution in [-0.4, -0.2) is 25.5 Å². The van der Waals surface area contributed by atoms with Crippen LogP contribution in [0.25, 0.3) is 0 Å². The molecule has 6 nitrogen and oxygen atoms in total. The number of nitriles is 1. The largest absolute Gasteiger partial charge is 0.481 e. The molecule has 0 aliphatic carbocycles. The molecule has 1 aromatic carbocycles. The highest BCUT2D eigenvalue weighted by atomic mass is 32.2. The van der Waals surface area contributed by atoms with Crippen LogP contribution >= 0.6 is 0 Å². The molecule has 1 unspecified atom stereocenters. The normalized spacial score (nSPS) is 12.6. The maximum absolute atomic E-state index is 12.1. The van der Waals surface area contributed by atoms with Gasteiger partial charge in [0, 0.05) is 6.04 Å². The molecule has 0 amide bonds. The van der Waals surface area contributed by atoms with E-state index in [0.29, 0.717) is 18.4 Å². The quantitative estimate of drug-likeness (QED) is 0.792. The van der Waals surface area contributed by atoms with Crippen LogP contribution in [0, 0.1) is 11.3 Å². The Morgan fingerprint density at radius 2 is 2.00 bits per heavy atom. The Kier molecular flexibility index (Phi) is 5.67. The summed E-state index contributed by atoms with van der Waals surface area (Å²) in [5.74, 6) is -1.05. The number of aliphatic carboxylic acids is 1. The van der Waals surface area contributed by atoms with Crippen LogP contribution in [0.1, 0.15) is 31.7 Å². The molecule has 0 saturated carbocycles. The van der Waals surface area contributed by atoms with Crippen molar-refractivity contribution in [1.82, 2.24) is 4.72 Å². The van der Waals surface area contributed by atoms with Crippen LogP contribution in [0.2, 0.25) is 0 Å². The van der Waals surface area contributed by atoms with Crippen LogP contribution in [0.15, 0.2) is 29.2 Å². The summed E-state index contributed by atoms with van der Waals surface area (Å²) in [5.41, 5.74) is 0.361. The molecule has 0 aromatic heterocycles. The van der Waals surface area contributed by atoms with Gasteiger partial charge in [0.05, 0.1) is 22.9 Å². The van der Waals surface area contributed by atoms with Crippen molar-refractivity contribution in [3.05, 3.63) is 29.8 Å². The number of sulfonamides is 1. The van der Waals surface area contributed by atoms with Crippen molar-refractivity contribution in [1.29, 1.82) is 5.26 Å². The van der Waals surface area contributed by atoms with E-state index in [0.717, 1.165) is 0 Å². The zero-order valence-electron chi connectivity index (χ0n) is 11.0. The molecule has 0 aliphatic rings. The monoisotopic (exact) mass is 296 g/mol. The second-order valence-corrected chi connectivity index (χ2v) is 6.05. The lowest BCUT2D eigenvalue weighted by atomic mass is 10.1. The molecule has 0 heterocycles. The van der Waals surface area contributed by atoms with Gasteiger partial charge in [-0.05, 0) is 30.7 Å². The van der Waals surface area contributed by atoms with Gasteiger partial charge in [-0.1, -0.05) is 13.3 Å². The van der Waals surface area contributed by atoms with Crippen LogP contribution < -0.4 is 4.72 Å². The minimum absolute atomic E-state index is 0.0167. The second kappa shape index (κ2) is 7.03. The number of nitrogens with zero attached hydrogens (tertiary/aromatic N) is 1. The van der Waals surface area contributed by atoms with Crippen molar-refractivity contribution < 1.29 is 18.3 Å². The molecule has 20 heavy (non-hydrogen) atoms. The first kappa shape index (κ1) is 16.1. The summed E-state index contributed by atoms with van der Waals surface area (Å²) < 4.78 is 26.6. The summed E-state index contributed by atoms with van der Waals surface area (Å²) >= 11 is 0. The molecule has 0 fully saturated rings. The predicted octanol–water partition coefficient (Wildman–Crippen LogP) is 1.48. The minimum atomic E-state index is -3.78. The van der Waals surface area contributed by atoms with E-state index in [4.69, 9.17) is 10.4 Å². The standard InChI is InChI=1S/C13H16N2O4S/c1-2-3-11(8-13(16)17)15-20(18,19)12-6-4-10(9-14)5-7-12/h4-7,11,15H,2-3,8H2,1H3,(H,16,17). The molecule has 0 spiro atoms. The van der Waals surface area contributed by atoms with E-state index >= 15 is 0 Å². The van der Waals surface area contributed by atoms with Gasteiger partial charge in [-0.15, -0.1) is 0 Å². The molecule has 2 N–H and O–H groups in total. The lowest BCUT2D eigenvalue weighted by molar-refractivity contribution is -0.137. The number of carboxylic acid groups (broad SMARTS) is 1. The zero-order chi connectivity index (χ0) is 15.2. The number of carbonyl (C=O) groups is 1. The van der Waals surface area contributed by atoms with Gasteiger partial charge in [0.15, 0.2) is 0 Å². The Labute approximate surface area is 118 Å². The molecule has 1 atom stereocenters. The van der Waals surface area contributed by atoms with Crippen molar-refractivity contribution >= 4 is 16.0 Å². The third-order valence-electron chi connectivity index (χ3n) is 2.67. The van der Waals surface area contributed by atoms with Crippen molar-refractivity contribution in [3.63, 3.8) is 0 Å². The van der Waals surface area contributed by atoms with Gasteiger partial charge in [-0.2, -0.15) is 5.26 Å². The minimum Gasteiger partial charge on any atom is -0.481 e. The maximum Gasteiger partial charge on any atom is 0.304 e. The molecular weight excluding hydrogens is 280 g/mol. The molecule has 1 rings (SSSR count). The fourth-order valence-corrected chi connectivity index (χ4v) is 3.03. The Bertz CT molecular complexity index is 602. The van der Waals surface area contributed by atoms with E-state index < -0.39 is 22.0 Å². The Morgan fingerprint density at radius 1 is 1.40 bits per heavy atom. The molecule has 108 valence electrons. The van der Waals surface area contributed by atoms with Crippen molar-refractivity contribution in [2.75, 3.05) is 0 Å². The zero-order valence-corrected chi connectivity index (χ0v) is 11.9. The molecule has 0 saturated heterocycles. The van der Waals surface area contributed by atoms with Gasteiger partial charge in [-0.3, -0.25) is 4.79 Å².